The Morgan fingerprint density at radius 1 is 0.677 bits per heavy atom. The third-order valence-corrected chi connectivity index (χ3v) is 5.06. The van der Waals surface area contributed by atoms with Crippen molar-refractivity contribution in [1.82, 2.24) is 5.32 Å². The second-order valence-corrected chi connectivity index (χ2v) is 7.91. The van der Waals surface area contributed by atoms with Crippen molar-refractivity contribution in [3.8, 4) is 11.5 Å². The summed E-state index contributed by atoms with van der Waals surface area (Å²) in [6, 6.07) is 5.01. The fourth-order valence-corrected chi connectivity index (χ4v) is 3.16. The average Bonchev–Trinajstić information content (AvgIpc) is 2.77. The van der Waals surface area contributed by atoms with Crippen molar-refractivity contribution in [2.45, 2.75) is 77.6 Å². The molecule has 3 nitrogen and oxygen atoms in total. The van der Waals surface area contributed by atoms with E-state index in [1.165, 1.54) is 44.6 Å². The van der Waals surface area contributed by atoms with Crippen LogP contribution in [-0.4, -0.2) is 23.3 Å². The van der Waals surface area contributed by atoms with Gasteiger partial charge in [-0.05, 0) is 88.6 Å². The number of aromatic hydroxyl groups is 2. The van der Waals surface area contributed by atoms with Crippen molar-refractivity contribution >= 4 is 0 Å². The molecule has 0 saturated heterocycles. The summed E-state index contributed by atoms with van der Waals surface area (Å²) in [7, 11) is 0. The number of hydrogen-bond donors (Lipinski definition) is 3. The number of rotatable bonds is 18. The minimum Gasteiger partial charge on any atom is -0.504 e. The molecule has 1 rings (SSSR count). The summed E-state index contributed by atoms with van der Waals surface area (Å²) in [6.07, 6.45) is 30.7. The monoisotopic (exact) mass is 425 g/mol. The molecule has 0 aliphatic carbocycles. The summed E-state index contributed by atoms with van der Waals surface area (Å²) in [5, 5.41) is 22.2. The highest BCUT2D eigenvalue weighted by Gasteiger charge is 2.00. The summed E-state index contributed by atoms with van der Waals surface area (Å²) in [6.45, 7) is 4.14. The molecule has 1 aromatic carbocycles. The maximum atomic E-state index is 9.49. The molecule has 1 aromatic rings. The van der Waals surface area contributed by atoms with Gasteiger partial charge >= 0.3 is 0 Å². The molecule has 0 aliphatic heterocycles. The quantitative estimate of drug-likeness (QED) is 0.131. The van der Waals surface area contributed by atoms with Gasteiger partial charge in [-0.1, -0.05) is 74.4 Å². The number of allylic oxidation sites excluding steroid dienone is 8. The number of hydrogen-bond acceptors (Lipinski definition) is 3. The molecule has 31 heavy (non-hydrogen) atoms. The van der Waals surface area contributed by atoms with Gasteiger partial charge < -0.3 is 15.5 Å². The lowest BCUT2D eigenvalue weighted by molar-refractivity contribution is 0.403. The highest BCUT2D eigenvalue weighted by atomic mass is 16.3. The van der Waals surface area contributed by atoms with Crippen LogP contribution in [0.15, 0.2) is 66.8 Å². The van der Waals surface area contributed by atoms with Gasteiger partial charge in [0.25, 0.3) is 0 Å². The summed E-state index contributed by atoms with van der Waals surface area (Å²) < 4.78 is 0. The summed E-state index contributed by atoms with van der Waals surface area (Å²) in [4.78, 5) is 0. The predicted octanol–water partition coefficient (Wildman–Crippen LogP) is 7.38. The molecule has 0 aliphatic rings. The van der Waals surface area contributed by atoms with Crippen LogP contribution in [0.3, 0.4) is 0 Å². The number of unbranched alkanes of at least 4 members (excludes halogenated alkanes) is 5. The van der Waals surface area contributed by atoms with E-state index in [0.717, 1.165) is 50.8 Å². The topological polar surface area (TPSA) is 52.5 Å². The van der Waals surface area contributed by atoms with Gasteiger partial charge in [-0.15, -0.1) is 0 Å². The van der Waals surface area contributed by atoms with E-state index in [-0.39, 0.29) is 11.5 Å². The van der Waals surface area contributed by atoms with E-state index in [1.807, 2.05) is 6.07 Å². The van der Waals surface area contributed by atoms with Crippen LogP contribution in [-0.2, 0) is 6.42 Å². The molecule has 3 N–H and O–H groups in total. The van der Waals surface area contributed by atoms with E-state index < -0.39 is 0 Å². The Labute approximate surface area is 190 Å². The molecular weight excluding hydrogens is 382 g/mol. The van der Waals surface area contributed by atoms with E-state index >= 15 is 0 Å². The molecule has 0 aromatic heterocycles. The van der Waals surface area contributed by atoms with Gasteiger partial charge in [0.15, 0.2) is 11.5 Å². The second-order valence-electron chi connectivity index (χ2n) is 7.91. The molecule has 0 amide bonds. The molecule has 3 heteroatoms. The van der Waals surface area contributed by atoms with Crippen LogP contribution in [0.1, 0.15) is 76.7 Å². The Hall–Kier alpha value is -2.26. The van der Waals surface area contributed by atoms with Crippen LogP contribution in [0.5, 0.6) is 11.5 Å². The number of phenolic OH excluding ortho intramolecular Hbond substituents is 2. The molecule has 0 heterocycles. The van der Waals surface area contributed by atoms with Gasteiger partial charge in [0.05, 0.1) is 0 Å². The average molecular weight is 426 g/mol. The van der Waals surface area contributed by atoms with Crippen molar-refractivity contribution in [2.75, 3.05) is 13.1 Å². The smallest absolute Gasteiger partial charge is 0.157 e. The lowest BCUT2D eigenvalue weighted by atomic mass is 10.1. The second kappa shape index (κ2) is 19.7. The molecule has 172 valence electrons. The van der Waals surface area contributed by atoms with E-state index in [1.54, 1.807) is 6.07 Å². The first-order valence-electron chi connectivity index (χ1n) is 12.1. The minimum atomic E-state index is -0.0615. The van der Waals surface area contributed by atoms with Crippen molar-refractivity contribution in [1.29, 1.82) is 0 Å². The summed E-state index contributed by atoms with van der Waals surface area (Å²) in [5.41, 5.74) is 1.03. The molecule has 0 radical (unpaired) electrons. The van der Waals surface area contributed by atoms with E-state index in [9.17, 15) is 10.2 Å². The highest BCUT2D eigenvalue weighted by Crippen LogP contribution is 2.24. The molecule has 0 saturated carbocycles. The van der Waals surface area contributed by atoms with Gasteiger partial charge in [-0.2, -0.15) is 0 Å². The van der Waals surface area contributed by atoms with Crippen molar-refractivity contribution in [2.24, 2.45) is 0 Å². The first kappa shape index (κ1) is 26.8. The zero-order chi connectivity index (χ0) is 22.4. The van der Waals surface area contributed by atoms with Crippen LogP contribution < -0.4 is 5.32 Å². The Bertz CT molecular complexity index is 674. The van der Waals surface area contributed by atoms with Crippen LogP contribution in [0, 0.1) is 0 Å². The van der Waals surface area contributed by atoms with Gasteiger partial charge in [0.2, 0.25) is 0 Å². The van der Waals surface area contributed by atoms with Crippen LogP contribution in [0.2, 0.25) is 0 Å². The first-order chi connectivity index (χ1) is 15.2. The van der Waals surface area contributed by atoms with Gasteiger partial charge in [0, 0.05) is 0 Å². The largest absolute Gasteiger partial charge is 0.504 e. The zero-order valence-corrected chi connectivity index (χ0v) is 19.4. The van der Waals surface area contributed by atoms with Gasteiger partial charge in [-0.3, -0.25) is 0 Å². The lowest BCUT2D eigenvalue weighted by Crippen LogP contribution is -2.18. The Morgan fingerprint density at radius 2 is 1.26 bits per heavy atom. The standard InChI is InChI=1S/C28H43NO2/c1-2-3-4-5-6-7-8-9-10-11-12-13-14-15-16-17-18-19-23-29-24-22-26-20-21-27(30)28(31)25-26/h6-7,9-10,12-13,15-16,20-21,25,29-31H,2-5,8,11,14,17-19,22-24H2,1H3/b7-6-,10-9-,13-12-,16-15-. The molecule has 0 bridgehead atoms. The van der Waals surface area contributed by atoms with Crippen molar-refractivity contribution in [3.05, 3.63) is 72.4 Å². The van der Waals surface area contributed by atoms with E-state index in [4.69, 9.17) is 0 Å². The van der Waals surface area contributed by atoms with Crippen LogP contribution >= 0.6 is 0 Å². The van der Waals surface area contributed by atoms with Gasteiger partial charge in [-0.25, -0.2) is 0 Å². The highest BCUT2D eigenvalue weighted by molar-refractivity contribution is 5.40. The van der Waals surface area contributed by atoms with E-state index in [2.05, 4.69) is 60.8 Å². The number of nitrogens with one attached hydrogen (secondary N) is 1. The normalized spacial score (nSPS) is 12.3. The van der Waals surface area contributed by atoms with Crippen molar-refractivity contribution < 1.29 is 10.2 Å². The molecule has 0 atom stereocenters. The first-order valence-corrected chi connectivity index (χ1v) is 12.1. The maximum absolute atomic E-state index is 9.49. The Morgan fingerprint density at radius 3 is 1.84 bits per heavy atom. The minimum absolute atomic E-state index is 0.0449. The SMILES string of the molecule is CCCCC/C=C\C/C=C\C/C=C\C/C=C\CCCCNCCc1ccc(O)c(O)c1. The predicted molar refractivity (Wildman–Crippen MR) is 135 cm³/mol. The Balaban J connectivity index is 1.89. The third-order valence-electron chi connectivity index (χ3n) is 5.06. The fourth-order valence-electron chi connectivity index (χ4n) is 3.16. The van der Waals surface area contributed by atoms with E-state index in [0.29, 0.717) is 0 Å². The maximum Gasteiger partial charge on any atom is 0.157 e. The van der Waals surface area contributed by atoms with Crippen molar-refractivity contribution in [3.63, 3.8) is 0 Å². The van der Waals surface area contributed by atoms with Crippen LogP contribution in [0.25, 0.3) is 0 Å². The summed E-state index contributed by atoms with van der Waals surface area (Å²) in [5.74, 6) is -0.106. The van der Waals surface area contributed by atoms with Crippen LogP contribution in [0.4, 0.5) is 0 Å². The summed E-state index contributed by atoms with van der Waals surface area (Å²) >= 11 is 0. The Kier molecular flexibility index (Phi) is 17.0. The fraction of sp³-hybridized carbons (Fsp3) is 0.500. The zero-order valence-electron chi connectivity index (χ0n) is 19.4. The number of phenols is 2. The third kappa shape index (κ3) is 16.1. The molecule has 0 spiro atoms. The molecule has 0 unspecified atom stereocenters. The van der Waals surface area contributed by atoms with Gasteiger partial charge in [0.1, 0.15) is 0 Å². The lowest BCUT2D eigenvalue weighted by Gasteiger charge is -2.05. The number of benzene rings is 1. The molecule has 0 fully saturated rings. The molecular formula is C28H43NO2.